The monoisotopic (exact) mass is 387 g/mol. The lowest BCUT2D eigenvalue weighted by Crippen LogP contribution is -2.29. The van der Waals surface area contributed by atoms with Gasteiger partial charge < -0.3 is 4.90 Å². The van der Waals surface area contributed by atoms with E-state index in [9.17, 15) is 0 Å². The summed E-state index contributed by atoms with van der Waals surface area (Å²) in [5.74, 6) is 2.26. The Labute approximate surface area is 174 Å². The standard InChI is InChI=1S/C25H31N4/c1-6-15-27(4)20(2)26-18-22-7-11-24(12-8-22)25-13-9-23(10-14-25)19-29-17-16-28(5)21(29)3/h6-17H,18-19H2,1-5H3/q+1/b15-6-,26-20?. The Morgan fingerprint density at radius 1 is 1.03 bits per heavy atom. The van der Waals surface area contributed by atoms with Gasteiger partial charge in [-0.25, -0.2) is 9.13 Å². The highest BCUT2D eigenvalue weighted by molar-refractivity contribution is 5.80. The number of hydrogen-bond donors (Lipinski definition) is 0. The molecule has 0 aliphatic carbocycles. The van der Waals surface area contributed by atoms with E-state index in [4.69, 9.17) is 0 Å². The fourth-order valence-electron chi connectivity index (χ4n) is 3.22. The van der Waals surface area contributed by atoms with Crippen molar-refractivity contribution in [3.8, 4) is 11.1 Å². The van der Waals surface area contributed by atoms with Gasteiger partial charge in [0.25, 0.3) is 5.82 Å². The maximum atomic E-state index is 4.66. The summed E-state index contributed by atoms with van der Waals surface area (Å²) in [4.78, 5) is 6.70. The molecule has 3 rings (SSSR count). The zero-order valence-electron chi connectivity index (χ0n) is 18.1. The van der Waals surface area contributed by atoms with Gasteiger partial charge in [0.1, 0.15) is 18.9 Å². The van der Waals surface area contributed by atoms with E-state index >= 15 is 0 Å². The van der Waals surface area contributed by atoms with E-state index in [2.05, 4.69) is 89.0 Å². The van der Waals surface area contributed by atoms with Gasteiger partial charge in [-0.05, 0) is 36.1 Å². The van der Waals surface area contributed by atoms with Crippen molar-refractivity contribution in [3.63, 3.8) is 0 Å². The molecule has 1 heterocycles. The van der Waals surface area contributed by atoms with Crippen LogP contribution in [0, 0.1) is 6.92 Å². The highest BCUT2D eigenvalue weighted by atomic mass is 15.1. The summed E-state index contributed by atoms with van der Waals surface area (Å²) in [6.07, 6.45) is 8.25. The number of aryl methyl sites for hydroxylation is 1. The lowest BCUT2D eigenvalue weighted by atomic mass is 10.0. The number of benzene rings is 2. The minimum absolute atomic E-state index is 0.695. The van der Waals surface area contributed by atoms with E-state index < -0.39 is 0 Å². The quantitative estimate of drug-likeness (QED) is 0.341. The maximum absolute atomic E-state index is 4.66. The average Bonchev–Trinajstić information content (AvgIpc) is 3.05. The largest absolute Gasteiger partial charge is 0.340 e. The fraction of sp³-hybridized carbons (Fsp3) is 0.280. The molecular formula is C25H31N4+. The lowest BCUT2D eigenvalue weighted by Gasteiger charge is -2.13. The second-order valence-corrected chi connectivity index (χ2v) is 7.43. The van der Waals surface area contributed by atoms with Gasteiger partial charge in [-0.1, -0.05) is 54.6 Å². The topological polar surface area (TPSA) is 24.4 Å². The van der Waals surface area contributed by atoms with Crippen molar-refractivity contribution in [3.05, 3.63) is 90.2 Å². The van der Waals surface area contributed by atoms with E-state index in [0.717, 1.165) is 12.4 Å². The molecule has 4 heteroatoms. The first-order valence-electron chi connectivity index (χ1n) is 10.0. The molecule has 0 aliphatic heterocycles. The normalized spacial score (nSPS) is 12.0. The van der Waals surface area contributed by atoms with E-state index in [-0.39, 0.29) is 0 Å². The van der Waals surface area contributed by atoms with Crippen LogP contribution < -0.4 is 4.57 Å². The minimum Gasteiger partial charge on any atom is -0.340 e. The van der Waals surface area contributed by atoms with Gasteiger partial charge in [0.2, 0.25) is 0 Å². The first-order chi connectivity index (χ1) is 14.0. The van der Waals surface area contributed by atoms with Gasteiger partial charge in [0, 0.05) is 20.2 Å². The molecule has 0 N–H and O–H groups in total. The average molecular weight is 388 g/mol. The molecule has 0 saturated heterocycles. The molecule has 0 amide bonds. The summed E-state index contributed by atoms with van der Waals surface area (Å²) in [7, 11) is 4.09. The Morgan fingerprint density at radius 3 is 2.14 bits per heavy atom. The Balaban J connectivity index is 1.65. The molecule has 0 atom stereocenters. The van der Waals surface area contributed by atoms with Gasteiger partial charge in [0.15, 0.2) is 0 Å². The van der Waals surface area contributed by atoms with Crippen LogP contribution in [0.4, 0.5) is 0 Å². The van der Waals surface area contributed by atoms with Crippen molar-refractivity contribution in [2.75, 3.05) is 7.05 Å². The summed E-state index contributed by atoms with van der Waals surface area (Å²) in [5, 5.41) is 0. The molecular weight excluding hydrogens is 356 g/mol. The molecule has 0 radical (unpaired) electrons. The lowest BCUT2D eigenvalue weighted by molar-refractivity contribution is -0.677. The number of allylic oxidation sites excluding steroid dienone is 1. The Hall–Kier alpha value is -3.14. The number of amidine groups is 1. The van der Waals surface area contributed by atoms with Crippen molar-refractivity contribution in [1.82, 2.24) is 9.47 Å². The summed E-state index contributed by atoms with van der Waals surface area (Å²) >= 11 is 0. The molecule has 29 heavy (non-hydrogen) atoms. The van der Waals surface area contributed by atoms with Gasteiger partial charge >= 0.3 is 0 Å². The number of imidazole rings is 1. The van der Waals surface area contributed by atoms with Crippen molar-refractivity contribution in [1.29, 1.82) is 0 Å². The Bertz CT molecular complexity index is 992. The van der Waals surface area contributed by atoms with Crippen LogP contribution in [0.3, 0.4) is 0 Å². The Kier molecular flexibility index (Phi) is 6.65. The summed E-state index contributed by atoms with van der Waals surface area (Å²) in [6.45, 7) is 7.77. The van der Waals surface area contributed by atoms with Gasteiger partial charge in [-0.15, -0.1) is 0 Å². The molecule has 4 nitrogen and oxygen atoms in total. The molecule has 2 aromatic carbocycles. The van der Waals surface area contributed by atoms with Crippen LogP contribution in [0.15, 0.2) is 78.2 Å². The number of hydrogen-bond acceptors (Lipinski definition) is 1. The van der Waals surface area contributed by atoms with Crippen LogP contribution in [0.5, 0.6) is 0 Å². The third-order valence-corrected chi connectivity index (χ3v) is 5.36. The van der Waals surface area contributed by atoms with Gasteiger partial charge in [-0.3, -0.25) is 4.99 Å². The molecule has 0 fully saturated rings. The first kappa shape index (κ1) is 20.6. The summed E-state index contributed by atoms with van der Waals surface area (Å²) in [5.41, 5.74) is 4.99. The third kappa shape index (κ3) is 5.23. The predicted molar refractivity (Wildman–Crippen MR) is 121 cm³/mol. The summed E-state index contributed by atoms with van der Waals surface area (Å²) in [6, 6.07) is 17.5. The molecule has 1 aromatic heterocycles. The van der Waals surface area contributed by atoms with Gasteiger partial charge in [-0.2, -0.15) is 0 Å². The van der Waals surface area contributed by atoms with Crippen LogP contribution in [-0.4, -0.2) is 22.4 Å². The number of nitrogens with zero attached hydrogens (tertiary/aromatic N) is 4. The highest BCUT2D eigenvalue weighted by Crippen LogP contribution is 2.21. The second-order valence-electron chi connectivity index (χ2n) is 7.43. The van der Waals surface area contributed by atoms with E-state index in [1.807, 2.05) is 38.1 Å². The fourth-order valence-corrected chi connectivity index (χ4v) is 3.22. The molecule has 3 aromatic rings. The first-order valence-corrected chi connectivity index (χ1v) is 10.0. The molecule has 150 valence electrons. The zero-order chi connectivity index (χ0) is 20.8. The molecule has 0 spiro atoms. The van der Waals surface area contributed by atoms with E-state index in [0.29, 0.717) is 6.54 Å². The van der Waals surface area contributed by atoms with E-state index in [1.165, 1.54) is 28.1 Å². The third-order valence-electron chi connectivity index (χ3n) is 5.36. The van der Waals surface area contributed by atoms with Crippen molar-refractivity contribution >= 4 is 5.84 Å². The summed E-state index contributed by atoms with van der Waals surface area (Å²) < 4.78 is 4.40. The van der Waals surface area contributed by atoms with Crippen LogP contribution in [-0.2, 0) is 20.1 Å². The number of rotatable bonds is 6. The number of aliphatic imine (C=N–C) groups is 1. The van der Waals surface area contributed by atoms with Crippen molar-refractivity contribution < 1.29 is 4.57 Å². The number of aromatic nitrogens is 2. The van der Waals surface area contributed by atoms with Crippen molar-refractivity contribution in [2.24, 2.45) is 12.0 Å². The minimum atomic E-state index is 0.695. The Morgan fingerprint density at radius 2 is 1.62 bits per heavy atom. The van der Waals surface area contributed by atoms with Crippen LogP contribution >= 0.6 is 0 Å². The molecule has 0 saturated carbocycles. The van der Waals surface area contributed by atoms with Crippen LogP contribution in [0.1, 0.15) is 30.8 Å². The molecule has 0 bridgehead atoms. The van der Waals surface area contributed by atoms with E-state index in [1.54, 1.807) is 0 Å². The molecule has 0 unspecified atom stereocenters. The maximum Gasteiger partial charge on any atom is 0.253 e. The van der Waals surface area contributed by atoms with Crippen LogP contribution in [0.25, 0.3) is 11.1 Å². The van der Waals surface area contributed by atoms with Gasteiger partial charge in [0.05, 0.1) is 19.4 Å². The highest BCUT2D eigenvalue weighted by Gasteiger charge is 2.09. The van der Waals surface area contributed by atoms with Crippen LogP contribution in [0.2, 0.25) is 0 Å². The van der Waals surface area contributed by atoms with Crippen molar-refractivity contribution in [2.45, 2.75) is 33.9 Å². The predicted octanol–water partition coefficient (Wildman–Crippen LogP) is 4.72. The molecule has 0 aliphatic rings. The smallest absolute Gasteiger partial charge is 0.253 e. The SMILES string of the molecule is C/C=C\N(C)C(C)=NCc1ccc(-c2ccc(Cn3cc[n+](C)c3C)cc2)cc1. The second kappa shape index (κ2) is 9.37. The zero-order valence-corrected chi connectivity index (χ0v) is 18.1.